The standard InChI is InChI=1S/C25H32N6O2/c1-16(32)31-12-5-7-22(31)24-27-20-15-30(13-10-19(20)23(26-2)28-24)25(33)18-8-9-21-17(14-18)6-4-11-29(21)3/h8-9,14,22H,4-7,10-13,15H2,1-3H3,(H,26,27,28). The van der Waals surface area contributed by atoms with Crippen molar-refractivity contribution in [1.29, 1.82) is 0 Å². The SMILES string of the molecule is CNc1nc(C2CCCN2C(C)=O)nc2c1CCN(C(=O)c1ccc3c(c1)CCCN3C)C2. The first-order valence-corrected chi connectivity index (χ1v) is 11.9. The van der Waals surface area contributed by atoms with E-state index in [0.717, 1.165) is 61.4 Å². The molecule has 1 aromatic carbocycles. The van der Waals surface area contributed by atoms with Crippen LogP contribution in [0.2, 0.25) is 0 Å². The van der Waals surface area contributed by atoms with Crippen molar-refractivity contribution >= 4 is 23.3 Å². The van der Waals surface area contributed by atoms with E-state index in [0.29, 0.717) is 25.3 Å². The van der Waals surface area contributed by atoms with Gasteiger partial charge in [0.15, 0.2) is 5.82 Å². The lowest BCUT2D eigenvalue weighted by molar-refractivity contribution is -0.129. The molecule has 8 heteroatoms. The largest absolute Gasteiger partial charge is 0.374 e. The Morgan fingerprint density at radius 2 is 1.94 bits per heavy atom. The second-order valence-electron chi connectivity index (χ2n) is 9.32. The lowest BCUT2D eigenvalue weighted by Crippen LogP contribution is -2.38. The number of carbonyl (C=O) groups is 2. The third-order valence-electron chi connectivity index (χ3n) is 7.24. The fourth-order valence-electron chi connectivity index (χ4n) is 5.49. The van der Waals surface area contributed by atoms with Crippen LogP contribution in [0.25, 0.3) is 0 Å². The second kappa shape index (κ2) is 8.65. The molecule has 0 radical (unpaired) electrons. The van der Waals surface area contributed by atoms with Gasteiger partial charge in [-0.3, -0.25) is 9.59 Å². The number of nitrogens with zero attached hydrogens (tertiary/aromatic N) is 5. The van der Waals surface area contributed by atoms with Crippen molar-refractivity contribution in [3.63, 3.8) is 0 Å². The molecule has 5 rings (SSSR count). The summed E-state index contributed by atoms with van der Waals surface area (Å²) in [6.45, 7) is 4.51. The monoisotopic (exact) mass is 448 g/mol. The minimum absolute atomic E-state index is 0.0501. The van der Waals surface area contributed by atoms with Gasteiger partial charge in [0, 0.05) is 57.5 Å². The number of rotatable bonds is 3. The number of hydrogen-bond acceptors (Lipinski definition) is 6. The van der Waals surface area contributed by atoms with Gasteiger partial charge < -0.3 is 20.0 Å². The van der Waals surface area contributed by atoms with Gasteiger partial charge in [-0.2, -0.15) is 0 Å². The number of hydrogen-bond donors (Lipinski definition) is 1. The van der Waals surface area contributed by atoms with Crippen LogP contribution >= 0.6 is 0 Å². The highest BCUT2D eigenvalue weighted by Crippen LogP contribution is 2.33. The number of amides is 2. The van der Waals surface area contributed by atoms with Crippen LogP contribution in [0.4, 0.5) is 11.5 Å². The van der Waals surface area contributed by atoms with Gasteiger partial charge in [0.25, 0.3) is 5.91 Å². The van der Waals surface area contributed by atoms with Crippen LogP contribution in [0, 0.1) is 0 Å². The third-order valence-corrected chi connectivity index (χ3v) is 7.24. The molecule has 0 spiro atoms. The first kappa shape index (κ1) is 21.7. The minimum Gasteiger partial charge on any atom is -0.374 e. The maximum atomic E-state index is 13.4. The maximum absolute atomic E-state index is 13.4. The van der Waals surface area contributed by atoms with E-state index in [9.17, 15) is 9.59 Å². The average Bonchev–Trinajstić information content (AvgIpc) is 3.33. The van der Waals surface area contributed by atoms with Crippen molar-refractivity contribution in [3.05, 3.63) is 46.4 Å². The summed E-state index contributed by atoms with van der Waals surface area (Å²) in [5.74, 6) is 1.60. The molecular weight excluding hydrogens is 416 g/mol. The highest BCUT2D eigenvalue weighted by Gasteiger charge is 2.33. The van der Waals surface area contributed by atoms with Crippen molar-refractivity contribution in [3.8, 4) is 0 Å². The number of likely N-dealkylation sites (tertiary alicyclic amines) is 1. The smallest absolute Gasteiger partial charge is 0.254 e. The molecule has 3 aliphatic heterocycles. The molecule has 1 unspecified atom stereocenters. The molecule has 1 N–H and O–H groups in total. The highest BCUT2D eigenvalue weighted by atomic mass is 16.2. The Balaban J connectivity index is 1.42. The van der Waals surface area contributed by atoms with E-state index in [1.807, 2.05) is 22.9 Å². The van der Waals surface area contributed by atoms with Gasteiger partial charge in [-0.05, 0) is 55.9 Å². The summed E-state index contributed by atoms with van der Waals surface area (Å²) in [5, 5.41) is 3.21. The van der Waals surface area contributed by atoms with E-state index < -0.39 is 0 Å². The van der Waals surface area contributed by atoms with E-state index in [1.54, 1.807) is 6.92 Å². The summed E-state index contributed by atoms with van der Waals surface area (Å²) in [6.07, 6.45) is 4.67. The fourth-order valence-corrected chi connectivity index (χ4v) is 5.49. The third kappa shape index (κ3) is 3.92. The zero-order chi connectivity index (χ0) is 23.1. The Labute approximate surface area is 195 Å². The molecule has 1 fully saturated rings. The van der Waals surface area contributed by atoms with E-state index in [2.05, 4.69) is 29.4 Å². The summed E-state index contributed by atoms with van der Waals surface area (Å²) < 4.78 is 0. The zero-order valence-corrected chi connectivity index (χ0v) is 19.7. The summed E-state index contributed by atoms with van der Waals surface area (Å²) in [6, 6.07) is 6.00. The van der Waals surface area contributed by atoms with Gasteiger partial charge in [0.2, 0.25) is 5.91 Å². The lowest BCUT2D eigenvalue weighted by atomic mass is 9.98. The summed E-state index contributed by atoms with van der Waals surface area (Å²) >= 11 is 0. The highest BCUT2D eigenvalue weighted by molar-refractivity contribution is 5.95. The van der Waals surface area contributed by atoms with Crippen LogP contribution in [0.3, 0.4) is 0 Å². The molecule has 0 aliphatic carbocycles. The Kier molecular flexibility index (Phi) is 5.68. The number of anilines is 2. The van der Waals surface area contributed by atoms with Crippen molar-refractivity contribution in [2.24, 2.45) is 0 Å². The average molecular weight is 449 g/mol. The zero-order valence-electron chi connectivity index (χ0n) is 19.7. The van der Waals surface area contributed by atoms with Crippen LogP contribution in [-0.2, 0) is 24.2 Å². The number of carbonyl (C=O) groups excluding carboxylic acids is 2. The Morgan fingerprint density at radius 3 is 2.73 bits per heavy atom. The quantitative estimate of drug-likeness (QED) is 0.778. The normalized spacial score (nSPS) is 19.8. The van der Waals surface area contributed by atoms with Crippen molar-refractivity contribution in [1.82, 2.24) is 19.8 Å². The number of aromatic nitrogens is 2. The number of aryl methyl sites for hydroxylation is 1. The Bertz CT molecular complexity index is 1100. The van der Waals surface area contributed by atoms with E-state index >= 15 is 0 Å². The van der Waals surface area contributed by atoms with Gasteiger partial charge in [0.1, 0.15) is 5.82 Å². The molecule has 4 heterocycles. The molecule has 1 saturated heterocycles. The Morgan fingerprint density at radius 1 is 1.09 bits per heavy atom. The van der Waals surface area contributed by atoms with E-state index in [-0.39, 0.29) is 17.9 Å². The summed E-state index contributed by atoms with van der Waals surface area (Å²) in [5.41, 5.74) is 5.18. The first-order chi connectivity index (χ1) is 16.0. The predicted molar refractivity (Wildman–Crippen MR) is 127 cm³/mol. The molecule has 1 aromatic heterocycles. The molecule has 33 heavy (non-hydrogen) atoms. The summed E-state index contributed by atoms with van der Waals surface area (Å²) in [7, 11) is 3.97. The van der Waals surface area contributed by atoms with Crippen LogP contribution < -0.4 is 10.2 Å². The molecule has 2 aromatic rings. The molecule has 1 atom stereocenters. The molecule has 0 saturated carbocycles. The number of fused-ring (bicyclic) bond motifs is 2. The molecular formula is C25H32N6O2. The number of benzene rings is 1. The van der Waals surface area contributed by atoms with Gasteiger partial charge in [-0.15, -0.1) is 0 Å². The molecule has 8 nitrogen and oxygen atoms in total. The van der Waals surface area contributed by atoms with Crippen molar-refractivity contribution < 1.29 is 9.59 Å². The summed E-state index contributed by atoms with van der Waals surface area (Å²) in [4.78, 5) is 41.2. The Hall–Kier alpha value is -3.16. The van der Waals surface area contributed by atoms with Gasteiger partial charge >= 0.3 is 0 Å². The second-order valence-corrected chi connectivity index (χ2v) is 9.32. The van der Waals surface area contributed by atoms with Gasteiger partial charge in [-0.25, -0.2) is 9.97 Å². The topological polar surface area (TPSA) is 81.7 Å². The molecule has 2 amide bonds. The lowest BCUT2D eigenvalue weighted by Gasteiger charge is -2.31. The fraction of sp³-hybridized carbons (Fsp3) is 0.520. The van der Waals surface area contributed by atoms with Gasteiger partial charge in [-0.1, -0.05) is 0 Å². The number of nitrogens with one attached hydrogen (secondary N) is 1. The van der Waals surface area contributed by atoms with Crippen LogP contribution in [0.1, 0.15) is 65.2 Å². The van der Waals surface area contributed by atoms with Crippen molar-refractivity contribution in [2.75, 3.05) is 43.9 Å². The molecule has 0 bridgehead atoms. The predicted octanol–water partition coefficient (Wildman–Crippen LogP) is 2.78. The maximum Gasteiger partial charge on any atom is 0.254 e. The first-order valence-electron chi connectivity index (χ1n) is 11.9. The van der Waals surface area contributed by atoms with E-state index in [1.165, 1.54) is 11.3 Å². The van der Waals surface area contributed by atoms with Crippen LogP contribution in [-0.4, -0.2) is 65.3 Å². The van der Waals surface area contributed by atoms with E-state index in [4.69, 9.17) is 9.97 Å². The van der Waals surface area contributed by atoms with Crippen LogP contribution in [0.15, 0.2) is 18.2 Å². The molecule has 174 valence electrons. The van der Waals surface area contributed by atoms with Crippen molar-refractivity contribution in [2.45, 2.75) is 51.6 Å². The molecule has 3 aliphatic rings. The van der Waals surface area contributed by atoms with Crippen LogP contribution in [0.5, 0.6) is 0 Å². The van der Waals surface area contributed by atoms with Gasteiger partial charge in [0.05, 0.1) is 18.3 Å². The minimum atomic E-state index is -0.0939.